The van der Waals surface area contributed by atoms with E-state index in [1.807, 2.05) is 29.9 Å². The third-order valence-electron chi connectivity index (χ3n) is 3.41. The standard InChI is InChI=1S/C15H16BrN5O/c1-19(6-7-20-5-4-17-11-20)10-13-8-15(22)21-9-12(16)2-3-14(21)18-13/h2-5,8-9,11H,6-7,10H2,1H3. The zero-order valence-corrected chi connectivity index (χ0v) is 13.8. The molecule has 0 aliphatic carbocycles. The average Bonchev–Trinajstić information content (AvgIpc) is 2.99. The Bertz CT molecular complexity index is 828. The first-order valence-corrected chi connectivity index (χ1v) is 7.73. The normalized spacial score (nSPS) is 11.4. The predicted molar refractivity (Wildman–Crippen MR) is 87.7 cm³/mol. The maximum atomic E-state index is 12.1. The molecule has 0 saturated heterocycles. The third-order valence-corrected chi connectivity index (χ3v) is 3.88. The van der Waals surface area contributed by atoms with E-state index in [0.717, 1.165) is 23.3 Å². The van der Waals surface area contributed by atoms with Crippen molar-refractivity contribution >= 4 is 21.6 Å². The van der Waals surface area contributed by atoms with Crippen molar-refractivity contribution in [2.45, 2.75) is 13.1 Å². The van der Waals surface area contributed by atoms with Crippen molar-refractivity contribution in [3.8, 4) is 0 Å². The molecule has 0 radical (unpaired) electrons. The van der Waals surface area contributed by atoms with Crippen LogP contribution in [0.4, 0.5) is 0 Å². The molecule has 0 aliphatic rings. The Balaban J connectivity index is 1.73. The summed E-state index contributed by atoms with van der Waals surface area (Å²) in [6.07, 6.45) is 7.24. The van der Waals surface area contributed by atoms with Gasteiger partial charge >= 0.3 is 0 Å². The lowest BCUT2D eigenvalue weighted by Gasteiger charge is -2.16. The van der Waals surface area contributed by atoms with E-state index in [-0.39, 0.29) is 5.56 Å². The molecule has 0 saturated carbocycles. The van der Waals surface area contributed by atoms with Crippen LogP contribution in [0.2, 0.25) is 0 Å². The van der Waals surface area contributed by atoms with E-state index in [0.29, 0.717) is 12.2 Å². The van der Waals surface area contributed by atoms with Crippen molar-refractivity contribution in [1.82, 2.24) is 23.8 Å². The highest BCUT2D eigenvalue weighted by Gasteiger charge is 2.06. The van der Waals surface area contributed by atoms with Gasteiger partial charge in [0.15, 0.2) is 0 Å². The molecule has 114 valence electrons. The highest BCUT2D eigenvalue weighted by Crippen LogP contribution is 2.10. The van der Waals surface area contributed by atoms with Crippen LogP contribution in [0.3, 0.4) is 0 Å². The Morgan fingerprint density at radius 1 is 1.36 bits per heavy atom. The molecule has 0 aliphatic heterocycles. The summed E-state index contributed by atoms with van der Waals surface area (Å²) in [4.78, 5) is 22.8. The molecule has 0 N–H and O–H groups in total. The number of likely N-dealkylation sites (N-methyl/N-ethyl adjacent to an activating group) is 1. The fraction of sp³-hybridized carbons (Fsp3) is 0.267. The van der Waals surface area contributed by atoms with Crippen LogP contribution in [0.5, 0.6) is 0 Å². The van der Waals surface area contributed by atoms with Crippen molar-refractivity contribution in [2.24, 2.45) is 0 Å². The molecule has 0 fully saturated rings. The number of rotatable bonds is 5. The van der Waals surface area contributed by atoms with E-state index >= 15 is 0 Å². The lowest BCUT2D eigenvalue weighted by molar-refractivity contribution is 0.308. The molecule has 0 spiro atoms. The van der Waals surface area contributed by atoms with Gasteiger partial charge in [0.1, 0.15) is 5.65 Å². The molecular weight excluding hydrogens is 346 g/mol. The summed E-state index contributed by atoms with van der Waals surface area (Å²) in [5.41, 5.74) is 1.37. The van der Waals surface area contributed by atoms with Crippen LogP contribution in [0.15, 0.2) is 52.4 Å². The lowest BCUT2D eigenvalue weighted by Crippen LogP contribution is -2.25. The second-order valence-electron chi connectivity index (χ2n) is 5.20. The smallest absolute Gasteiger partial charge is 0.258 e. The summed E-state index contributed by atoms with van der Waals surface area (Å²) in [6, 6.07) is 5.31. The number of halogens is 1. The van der Waals surface area contributed by atoms with Crippen LogP contribution >= 0.6 is 15.9 Å². The van der Waals surface area contributed by atoms with E-state index in [4.69, 9.17) is 0 Å². The van der Waals surface area contributed by atoms with Crippen LogP contribution in [0.1, 0.15) is 5.69 Å². The monoisotopic (exact) mass is 361 g/mol. The molecular formula is C15H16BrN5O. The number of hydrogen-bond donors (Lipinski definition) is 0. The van der Waals surface area contributed by atoms with Gasteiger partial charge in [-0.1, -0.05) is 0 Å². The van der Waals surface area contributed by atoms with Gasteiger partial charge in [-0.2, -0.15) is 0 Å². The van der Waals surface area contributed by atoms with Gasteiger partial charge in [0.05, 0.1) is 12.0 Å². The molecule has 6 nitrogen and oxygen atoms in total. The van der Waals surface area contributed by atoms with Crippen molar-refractivity contribution in [2.75, 3.05) is 13.6 Å². The molecule has 7 heteroatoms. The summed E-state index contributed by atoms with van der Waals surface area (Å²) in [7, 11) is 2.02. The number of hydrogen-bond acceptors (Lipinski definition) is 4. The molecule has 0 unspecified atom stereocenters. The molecule has 3 aromatic heterocycles. The minimum Gasteiger partial charge on any atom is -0.336 e. The number of pyridine rings is 1. The minimum atomic E-state index is -0.0655. The average molecular weight is 362 g/mol. The van der Waals surface area contributed by atoms with Crippen molar-refractivity contribution in [3.63, 3.8) is 0 Å². The summed E-state index contributed by atoms with van der Waals surface area (Å²) >= 11 is 3.36. The number of aromatic nitrogens is 4. The van der Waals surface area contributed by atoms with Crippen molar-refractivity contribution < 1.29 is 0 Å². The van der Waals surface area contributed by atoms with Gasteiger partial charge in [0.2, 0.25) is 0 Å². The second-order valence-corrected chi connectivity index (χ2v) is 6.12. The molecule has 22 heavy (non-hydrogen) atoms. The van der Waals surface area contributed by atoms with Crippen LogP contribution in [0, 0.1) is 0 Å². The number of nitrogens with zero attached hydrogens (tertiary/aromatic N) is 5. The zero-order chi connectivity index (χ0) is 15.5. The fourth-order valence-electron chi connectivity index (χ4n) is 2.27. The third kappa shape index (κ3) is 3.42. The molecule has 3 rings (SSSR count). The molecule has 0 aromatic carbocycles. The number of fused-ring (bicyclic) bond motifs is 1. The lowest BCUT2D eigenvalue weighted by atomic mass is 10.3. The SMILES string of the molecule is CN(CCn1ccnc1)Cc1cc(=O)n2cc(Br)ccc2n1. The van der Waals surface area contributed by atoms with Gasteiger partial charge < -0.3 is 4.57 Å². The van der Waals surface area contributed by atoms with E-state index in [1.54, 1.807) is 29.2 Å². The highest BCUT2D eigenvalue weighted by molar-refractivity contribution is 9.10. The van der Waals surface area contributed by atoms with Gasteiger partial charge in [-0.3, -0.25) is 14.1 Å². The Morgan fingerprint density at radius 3 is 3.00 bits per heavy atom. The van der Waals surface area contributed by atoms with Crippen molar-refractivity contribution in [3.05, 3.63) is 63.6 Å². The van der Waals surface area contributed by atoms with Gasteiger partial charge in [-0.25, -0.2) is 9.97 Å². The quantitative estimate of drug-likeness (QED) is 0.695. The Hall–Kier alpha value is -1.99. The van der Waals surface area contributed by atoms with Gasteiger partial charge in [-0.15, -0.1) is 0 Å². The fourth-order valence-corrected chi connectivity index (χ4v) is 2.60. The first-order chi connectivity index (χ1) is 10.6. The van der Waals surface area contributed by atoms with Crippen molar-refractivity contribution in [1.29, 1.82) is 0 Å². The van der Waals surface area contributed by atoms with Gasteiger partial charge in [-0.05, 0) is 35.1 Å². The van der Waals surface area contributed by atoms with E-state index < -0.39 is 0 Å². The van der Waals surface area contributed by atoms with E-state index in [9.17, 15) is 4.79 Å². The molecule has 3 aromatic rings. The van der Waals surface area contributed by atoms with Gasteiger partial charge in [0.25, 0.3) is 5.56 Å². The number of imidazole rings is 1. The minimum absolute atomic E-state index is 0.0655. The Morgan fingerprint density at radius 2 is 2.23 bits per heavy atom. The van der Waals surface area contributed by atoms with Crippen LogP contribution in [-0.4, -0.2) is 37.4 Å². The molecule has 0 amide bonds. The second kappa shape index (κ2) is 6.41. The van der Waals surface area contributed by atoms with Crippen LogP contribution < -0.4 is 5.56 Å². The molecule has 0 atom stereocenters. The van der Waals surface area contributed by atoms with Crippen LogP contribution in [0.25, 0.3) is 5.65 Å². The van der Waals surface area contributed by atoms with E-state index in [2.05, 4.69) is 30.8 Å². The molecule has 3 heterocycles. The molecule has 0 bridgehead atoms. The largest absolute Gasteiger partial charge is 0.336 e. The summed E-state index contributed by atoms with van der Waals surface area (Å²) < 4.78 is 4.42. The predicted octanol–water partition coefficient (Wildman–Crippen LogP) is 1.79. The van der Waals surface area contributed by atoms with E-state index in [1.165, 1.54) is 0 Å². The van der Waals surface area contributed by atoms with Crippen LogP contribution in [-0.2, 0) is 13.1 Å². The topological polar surface area (TPSA) is 55.4 Å². The summed E-state index contributed by atoms with van der Waals surface area (Å²) in [5, 5.41) is 0. The van der Waals surface area contributed by atoms with Gasteiger partial charge in [0, 0.05) is 48.8 Å². The highest BCUT2D eigenvalue weighted by atomic mass is 79.9. The first kappa shape index (κ1) is 14.9. The first-order valence-electron chi connectivity index (χ1n) is 6.94. The summed E-state index contributed by atoms with van der Waals surface area (Å²) in [6.45, 7) is 2.35. The maximum Gasteiger partial charge on any atom is 0.258 e. The Labute approximate surface area is 136 Å². The summed E-state index contributed by atoms with van der Waals surface area (Å²) in [5.74, 6) is 0. The Kier molecular flexibility index (Phi) is 4.35. The zero-order valence-electron chi connectivity index (χ0n) is 12.2. The maximum absolute atomic E-state index is 12.1.